The van der Waals surface area contributed by atoms with Crippen LogP contribution in [0.4, 0.5) is 28.4 Å². The molecular formula is C61H44BN3OS. The number of anilines is 5. The third-order valence-corrected chi connectivity index (χ3v) is 15.5. The van der Waals surface area contributed by atoms with Crippen LogP contribution in [0, 0.1) is 0 Å². The molecule has 0 radical (unpaired) electrons. The van der Waals surface area contributed by atoms with Gasteiger partial charge in [0.25, 0.3) is 0 Å². The molecule has 12 aromatic rings. The van der Waals surface area contributed by atoms with E-state index in [0.717, 1.165) is 44.5 Å². The van der Waals surface area contributed by atoms with Crippen LogP contribution in [0.3, 0.4) is 0 Å². The third kappa shape index (κ3) is 5.73. The second-order valence-corrected chi connectivity index (χ2v) is 20.3. The molecule has 0 fully saturated rings. The minimum absolute atomic E-state index is 0.0103. The molecule has 318 valence electrons. The summed E-state index contributed by atoms with van der Waals surface area (Å²) < 4.78 is 12.1. The molecule has 9 aromatic carbocycles. The topological polar surface area (TPSA) is 24.6 Å². The average molecular weight is 878 g/mol. The summed E-state index contributed by atoms with van der Waals surface area (Å²) >= 11 is 1.89. The average Bonchev–Trinajstić information content (AvgIpc) is 4.03. The standard InChI is InChI=1S/C61H44BN3OS/c1-61(2,3)40-31-30-39(48(32-40)38-18-7-4-8-19-38)37-63-52-36-56-49(44-24-14-16-29-55(44)67-56)35-51(52)62-57-50(33-43(34-53(57)63)64(41-20-9-5-10-21-41)42-22-11-6-12-23-42)45-26-17-27-47-58(45)65(62)59-46-25-13-15-28-54(46)66-60(47)59/h4-36H,37H2,1-3H3. The Labute approximate surface area is 393 Å². The smallest absolute Gasteiger partial charge is 0.333 e. The molecule has 0 spiro atoms. The van der Waals surface area contributed by atoms with E-state index < -0.39 is 0 Å². The Kier molecular flexibility index (Phi) is 8.24. The highest BCUT2D eigenvalue weighted by molar-refractivity contribution is 7.26. The highest BCUT2D eigenvalue weighted by atomic mass is 32.1. The summed E-state index contributed by atoms with van der Waals surface area (Å²) in [6.45, 7) is 7.47. The molecule has 3 aromatic heterocycles. The van der Waals surface area contributed by atoms with Crippen LogP contribution < -0.4 is 20.7 Å². The van der Waals surface area contributed by atoms with E-state index in [0.29, 0.717) is 6.54 Å². The maximum absolute atomic E-state index is 6.90. The van der Waals surface area contributed by atoms with Crippen LogP contribution in [-0.4, -0.2) is 11.3 Å². The van der Waals surface area contributed by atoms with Gasteiger partial charge in [-0.15, -0.1) is 11.3 Å². The normalized spacial score (nSPS) is 13.0. The number of hydrogen-bond acceptors (Lipinski definition) is 4. The molecule has 0 unspecified atom stereocenters. The van der Waals surface area contributed by atoms with Gasteiger partial charge in [-0.05, 0) is 111 Å². The molecule has 2 aliphatic heterocycles. The predicted octanol–water partition coefficient (Wildman–Crippen LogP) is 15.6. The molecule has 4 nitrogen and oxygen atoms in total. The minimum atomic E-state index is -0.136. The first-order valence-electron chi connectivity index (χ1n) is 23.3. The third-order valence-electron chi connectivity index (χ3n) is 14.4. The molecule has 6 heteroatoms. The van der Waals surface area contributed by atoms with Crippen molar-refractivity contribution in [2.24, 2.45) is 0 Å². The van der Waals surface area contributed by atoms with Gasteiger partial charge in [0.05, 0.1) is 5.52 Å². The summed E-state index contributed by atoms with van der Waals surface area (Å²) in [6.07, 6.45) is 0. The number of para-hydroxylation sites is 4. The molecule has 0 N–H and O–H groups in total. The zero-order valence-corrected chi connectivity index (χ0v) is 38.3. The Morgan fingerprint density at radius 3 is 1.97 bits per heavy atom. The Balaban J connectivity index is 1.13. The largest absolute Gasteiger partial charge is 0.454 e. The Hall–Kier alpha value is -7.80. The van der Waals surface area contributed by atoms with Crippen molar-refractivity contribution < 1.29 is 4.42 Å². The second-order valence-electron chi connectivity index (χ2n) is 19.3. The number of nitrogens with zero attached hydrogens (tertiary/aromatic N) is 3. The minimum Gasteiger partial charge on any atom is -0.454 e. The first kappa shape index (κ1) is 38.5. The second kappa shape index (κ2) is 14.4. The van der Waals surface area contributed by atoms with Crippen LogP contribution in [0.2, 0.25) is 0 Å². The highest BCUT2D eigenvalue weighted by Gasteiger charge is 2.44. The highest BCUT2D eigenvalue weighted by Crippen LogP contribution is 2.50. The van der Waals surface area contributed by atoms with Crippen molar-refractivity contribution in [2.75, 3.05) is 9.80 Å². The van der Waals surface area contributed by atoms with Crippen LogP contribution in [0.15, 0.2) is 205 Å². The van der Waals surface area contributed by atoms with Gasteiger partial charge in [-0.2, -0.15) is 0 Å². The molecule has 0 bridgehead atoms. The van der Waals surface area contributed by atoms with Gasteiger partial charge in [0.1, 0.15) is 5.58 Å². The summed E-state index contributed by atoms with van der Waals surface area (Å²) in [5.74, 6) is 0. The molecule has 0 amide bonds. The van der Waals surface area contributed by atoms with Crippen molar-refractivity contribution in [3.8, 4) is 22.3 Å². The number of hydrogen-bond donors (Lipinski definition) is 0. The van der Waals surface area contributed by atoms with Gasteiger partial charge in [-0.1, -0.05) is 154 Å². The van der Waals surface area contributed by atoms with Crippen molar-refractivity contribution in [1.29, 1.82) is 0 Å². The molecule has 2 aliphatic rings. The Bertz CT molecular complexity index is 3920. The van der Waals surface area contributed by atoms with Crippen LogP contribution in [0.5, 0.6) is 0 Å². The van der Waals surface area contributed by atoms with E-state index in [4.69, 9.17) is 4.42 Å². The van der Waals surface area contributed by atoms with Gasteiger partial charge < -0.3 is 18.7 Å². The van der Waals surface area contributed by atoms with E-state index in [1.54, 1.807) is 0 Å². The molecule has 0 aliphatic carbocycles. The maximum atomic E-state index is 6.90. The first-order valence-corrected chi connectivity index (χ1v) is 24.1. The van der Waals surface area contributed by atoms with Gasteiger partial charge in [0.2, 0.25) is 0 Å². The summed E-state index contributed by atoms with van der Waals surface area (Å²) in [5.41, 5.74) is 20.1. The predicted molar refractivity (Wildman–Crippen MR) is 286 cm³/mol. The zero-order valence-electron chi connectivity index (χ0n) is 37.5. The quantitative estimate of drug-likeness (QED) is 0.156. The number of benzene rings is 9. The number of aromatic nitrogens is 1. The molecule has 14 rings (SSSR count). The summed E-state index contributed by atoms with van der Waals surface area (Å²) in [4.78, 5) is 5.08. The van der Waals surface area contributed by atoms with Gasteiger partial charge in [-0.3, -0.25) is 0 Å². The van der Waals surface area contributed by atoms with Crippen LogP contribution in [0.25, 0.3) is 75.4 Å². The summed E-state index contributed by atoms with van der Waals surface area (Å²) in [7, 11) is 0. The molecule has 0 saturated heterocycles. The lowest BCUT2D eigenvalue weighted by atomic mass is 9.45. The number of fused-ring (bicyclic) bond motifs is 12. The van der Waals surface area contributed by atoms with Gasteiger partial charge in [0.15, 0.2) is 5.58 Å². The number of rotatable bonds is 6. The van der Waals surface area contributed by atoms with Gasteiger partial charge in [-0.25, -0.2) is 0 Å². The van der Waals surface area contributed by atoms with Crippen molar-refractivity contribution in [3.05, 3.63) is 211 Å². The van der Waals surface area contributed by atoms with E-state index in [2.05, 4.69) is 235 Å². The van der Waals surface area contributed by atoms with Crippen molar-refractivity contribution in [1.82, 2.24) is 4.48 Å². The first-order chi connectivity index (χ1) is 32.9. The van der Waals surface area contributed by atoms with E-state index in [1.807, 2.05) is 11.3 Å². The van der Waals surface area contributed by atoms with Crippen molar-refractivity contribution >= 4 is 111 Å². The molecule has 5 heterocycles. The van der Waals surface area contributed by atoms with E-state index in [9.17, 15) is 0 Å². The molecule has 0 atom stereocenters. The van der Waals surface area contributed by atoms with E-state index >= 15 is 0 Å². The van der Waals surface area contributed by atoms with Gasteiger partial charge in [0, 0.05) is 77.0 Å². The SMILES string of the molecule is CC(C)(C)c1ccc(CN2c3cc4sc5ccccc5c4cc3B3c4c(cc(N(c5ccccc5)c5ccccc5)cc42)-c2cccc4c5oc6ccccc6c5n3c24)c(-c2ccccc2)c1. The fourth-order valence-electron chi connectivity index (χ4n) is 11.3. The van der Waals surface area contributed by atoms with Crippen LogP contribution in [0.1, 0.15) is 31.9 Å². The summed E-state index contributed by atoms with van der Waals surface area (Å²) in [6, 6.07) is 74.1. The summed E-state index contributed by atoms with van der Waals surface area (Å²) in [5, 5.41) is 4.88. The monoisotopic (exact) mass is 877 g/mol. The molecule has 67 heavy (non-hydrogen) atoms. The Morgan fingerprint density at radius 2 is 1.21 bits per heavy atom. The fourth-order valence-corrected chi connectivity index (χ4v) is 12.4. The van der Waals surface area contributed by atoms with Crippen LogP contribution >= 0.6 is 11.3 Å². The fraction of sp³-hybridized carbons (Fsp3) is 0.0820. The maximum Gasteiger partial charge on any atom is 0.333 e. The number of thiophene rings is 1. The lowest BCUT2D eigenvalue weighted by Gasteiger charge is -2.42. The van der Waals surface area contributed by atoms with Gasteiger partial charge >= 0.3 is 6.85 Å². The van der Waals surface area contributed by atoms with Crippen molar-refractivity contribution in [3.63, 3.8) is 0 Å². The zero-order chi connectivity index (χ0) is 44.5. The Morgan fingerprint density at radius 1 is 0.522 bits per heavy atom. The lowest BCUT2D eigenvalue weighted by Crippen LogP contribution is -2.57. The number of furan rings is 1. The lowest BCUT2D eigenvalue weighted by molar-refractivity contribution is 0.590. The molecule has 0 saturated carbocycles. The van der Waals surface area contributed by atoms with E-state index in [-0.39, 0.29) is 12.3 Å². The molecular weight excluding hydrogens is 834 g/mol. The van der Waals surface area contributed by atoms with Crippen molar-refractivity contribution in [2.45, 2.75) is 32.7 Å². The van der Waals surface area contributed by atoms with Crippen LogP contribution in [-0.2, 0) is 12.0 Å². The van der Waals surface area contributed by atoms with E-state index in [1.165, 1.54) is 81.4 Å².